The number of aliphatic hydroxyl groups is 1. The summed E-state index contributed by atoms with van der Waals surface area (Å²) in [7, 11) is 0. The smallest absolute Gasteiger partial charge is 0.381 e. The molecule has 3 aromatic rings. The van der Waals surface area contributed by atoms with Crippen LogP contribution in [0.5, 0.6) is 0 Å². The highest BCUT2D eigenvalue weighted by Crippen LogP contribution is 2.31. The van der Waals surface area contributed by atoms with Crippen molar-refractivity contribution in [3.05, 3.63) is 76.8 Å². The van der Waals surface area contributed by atoms with Crippen molar-refractivity contribution in [2.75, 3.05) is 19.6 Å². The molecule has 1 aromatic heterocycles. The van der Waals surface area contributed by atoms with Gasteiger partial charge in [-0.25, -0.2) is 14.5 Å². The number of halogens is 4. The van der Waals surface area contributed by atoms with Gasteiger partial charge in [-0.15, -0.1) is 5.10 Å². The molecule has 1 aliphatic rings. The molecule has 0 radical (unpaired) electrons. The number of urea groups is 1. The SMILES string of the molecule is CC1(C)CCN(C(=O)c2ccccc2-n2cnc(CNC(=O)/[N+](C[C@H](O)C(F)(F)F)=C(\N)c3ccc(Cl)cc3)n2)CC1. The van der Waals surface area contributed by atoms with Crippen LogP contribution in [-0.2, 0) is 6.54 Å². The minimum Gasteiger partial charge on any atom is -0.381 e. The highest BCUT2D eigenvalue weighted by molar-refractivity contribution is 6.30. The highest BCUT2D eigenvalue weighted by Gasteiger charge is 2.41. The fourth-order valence-electron chi connectivity index (χ4n) is 4.43. The molecular formula is C28H32ClF3N7O3+. The van der Waals surface area contributed by atoms with E-state index in [4.69, 9.17) is 17.3 Å². The van der Waals surface area contributed by atoms with Crippen LogP contribution in [-0.4, -0.2) is 79.0 Å². The van der Waals surface area contributed by atoms with Crippen molar-refractivity contribution in [2.45, 2.75) is 45.5 Å². The topological polar surface area (TPSA) is 129 Å². The summed E-state index contributed by atoms with van der Waals surface area (Å²) in [6.45, 7) is 4.24. The fraction of sp³-hybridized carbons (Fsp3) is 0.393. The Labute approximate surface area is 245 Å². The van der Waals surface area contributed by atoms with Crippen molar-refractivity contribution in [2.24, 2.45) is 11.1 Å². The number of carbonyl (C=O) groups is 2. The molecule has 4 N–H and O–H groups in total. The predicted octanol–water partition coefficient (Wildman–Crippen LogP) is 3.73. The number of nitrogens with zero attached hydrogens (tertiary/aromatic N) is 5. The molecule has 1 aliphatic heterocycles. The monoisotopic (exact) mass is 606 g/mol. The maximum absolute atomic E-state index is 13.3. The first-order valence-corrected chi connectivity index (χ1v) is 13.6. The van der Waals surface area contributed by atoms with Gasteiger partial charge in [0.15, 0.2) is 11.9 Å². The van der Waals surface area contributed by atoms with Gasteiger partial charge in [-0.1, -0.05) is 37.6 Å². The zero-order chi connectivity index (χ0) is 30.7. The summed E-state index contributed by atoms with van der Waals surface area (Å²) in [5, 5.41) is 16.8. The standard InChI is InChI=1S/C28H31ClF3N7O3/c1-27(2)11-13-37(14-12-27)25(41)20-5-3-4-6-21(20)39-17-35-23(36-39)15-34-26(42)38(16-22(40)28(30,31)32)24(33)18-7-9-19(29)10-8-18/h3-10,17,22,33,40H,11-16H2,1-2H3,(H,34,42)/p+1/t22-/m0/s1. The van der Waals surface area contributed by atoms with E-state index in [-0.39, 0.29) is 35.1 Å². The molecule has 224 valence electrons. The van der Waals surface area contributed by atoms with Crippen LogP contribution in [0.2, 0.25) is 5.02 Å². The molecule has 2 heterocycles. The van der Waals surface area contributed by atoms with Crippen molar-refractivity contribution >= 4 is 29.4 Å². The lowest BCUT2D eigenvalue weighted by atomic mass is 9.82. The number of rotatable bonds is 7. The molecule has 10 nitrogen and oxygen atoms in total. The van der Waals surface area contributed by atoms with Gasteiger partial charge in [0.25, 0.3) is 5.91 Å². The number of piperidine rings is 1. The number of amidine groups is 1. The lowest BCUT2D eigenvalue weighted by Gasteiger charge is -2.37. The first-order valence-electron chi connectivity index (χ1n) is 13.2. The van der Waals surface area contributed by atoms with Gasteiger partial charge in [-0.3, -0.25) is 10.1 Å². The molecule has 0 bridgehead atoms. The fourth-order valence-corrected chi connectivity index (χ4v) is 4.55. The number of hydrogen-bond acceptors (Lipinski definition) is 5. The van der Waals surface area contributed by atoms with Gasteiger partial charge in [0.2, 0.25) is 5.84 Å². The van der Waals surface area contributed by atoms with Gasteiger partial charge in [-0.05, 0) is 54.7 Å². The van der Waals surface area contributed by atoms with Gasteiger partial charge < -0.3 is 15.7 Å². The summed E-state index contributed by atoms with van der Waals surface area (Å²) in [6, 6.07) is 11.7. The van der Waals surface area contributed by atoms with E-state index in [0.29, 0.717) is 33.9 Å². The van der Waals surface area contributed by atoms with E-state index >= 15 is 0 Å². The Hall–Kier alpha value is -3.97. The Bertz CT molecular complexity index is 1460. The molecule has 0 aliphatic carbocycles. The first kappa shape index (κ1) is 31.0. The molecule has 1 saturated heterocycles. The second kappa shape index (κ2) is 12.5. The normalized spacial score (nSPS) is 16.5. The molecule has 0 unspecified atom stereocenters. The number of alkyl halides is 3. The maximum atomic E-state index is 13.3. The van der Waals surface area contributed by atoms with Gasteiger partial charge in [-0.2, -0.15) is 17.7 Å². The largest absolute Gasteiger partial charge is 0.436 e. The average Bonchev–Trinajstić information content (AvgIpc) is 3.42. The van der Waals surface area contributed by atoms with E-state index in [1.165, 1.54) is 35.3 Å². The quantitative estimate of drug-likeness (QED) is 0.214. The Kier molecular flexibility index (Phi) is 9.21. The Balaban J connectivity index is 1.51. The molecule has 3 amide bonds. The van der Waals surface area contributed by atoms with Crippen molar-refractivity contribution in [1.82, 2.24) is 25.0 Å². The summed E-state index contributed by atoms with van der Waals surface area (Å²) in [5.41, 5.74) is 7.38. The van der Waals surface area contributed by atoms with Crippen molar-refractivity contribution in [3.8, 4) is 5.69 Å². The second-order valence-corrected chi connectivity index (χ2v) is 11.2. The molecule has 14 heteroatoms. The maximum Gasteiger partial charge on any atom is 0.436 e. The molecular weight excluding hydrogens is 575 g/mol. The Morgan fingerprint density at radius 2 is 1.79 bits per heavy atom. The number of hydrogen-bond donors (Lipinski definition) is 3. The van der Waals surface area contributed by atoms with Crippen LogP contribution < -0.4 is 11.1 Å². The van der Waals surface area contributed by atoms with Crippen molar-refractivity contribution in [1.29, 1.82) is 0 Å². The van der Waals surface area contributed by atoms with Gasteiger partial charge in [0.05, 0.1) is 11.3 Å². The van der Waals surface area contributed by atoms with E-state index in [0.717, 1.165) is 12.8 Å². The lowest BCUT2D eigenvalue weighted by Crippen LogP contribution is -2.47. The third-order valence-electron chi connectivity index (χ3n) is 7.13. The molecule has 0 spiro atoms. The second-order valence-electron chi connectivity index (χ2n) is 10.8. The van der Waals surface area contributed by atoms with Crippen LogP contribution >= 0.6 is 11.6 Å². The summed E-state index contributed by atoms with van der Waals surface area (Å²) in [6.07, 6.45) is -4.65. The number of aromatic nitrogens is 3. The molecule has 0 saturated carbocycles. The number of likely N-dealkylation sites (tertiary alicyclic amines) is 1. The van der Waals surface area contributed by atoms with Crippen LogP contribution in [0.25, 0.3) is 5.69 Å². The summed E-state index contributed by atoms with van der Waals surface area (Å²) in [4.78, 5) is 32.3. The van der Waals surface area contributed by atoms with Crippen LogP contribution in [0.15, 0.2) is 54.9 Å². The van der Waals surface area contributed by atoms with Crippen LogP contribution in [0.1, 0.15) is 48.4 Å². The Morgan fingerprint density at radius 1 is 1.14 bits per heavy atom. The molecule has 42 heavy (non-hydrogen) atoms. The lowest BCUT2D eigenvalue weighted by molar-refractivity contribution is -0.455. The number of nitrogens with one attached hydrogen (secondary N) is 1. The summed E-state index contributed by atoms with van der Waals surface area (Å²) < 4.78 is 41.4. The number of benzene rings is 2. The first-order chi connectivity index (χ1) is 19.7. The Morgan fingerprint density at radius 3 is 2.43 bits per heavy atom. The number of nitrogens with two attached hydrogens (primary N) is 1. The van der Waals surface area contributed by atoms with Crippen LogP contribution in [0, 0.1) is 5.41 Å². The zero-order valence-corrected chi connectivity index (χ0v) is 23.9. The van der Waals surface area contributed by atoms with Crippen molar-refractivity contribution in [3.63, 3.8) is 0 Å². The van der Waals surface area contributed by atoms with E-state index < -0.39 is 24.9 Å². The van der Waals surface area contributed by atoms with Crippen molar-refractivity contribution < 1.29 is 32.4 Å². The molecule has 1 fully saturated rings. The summed E-state index contributed by atoms with van der Waals surface area (Å²) in [5.74, 6) is -0.315. The third kappa shape index (κ3) is 7.45. The van der Waals surface area contributed by atoms with E-state index in [1.54, 1.807) is 24.3 Å². The third-order valence-corrected chi connectivity index (χ3v) is 7.38. The van der Waals surface area contributed by atoms with Gasteiger partial charge >= 0.3 is 12.2 Å². The number of carbonyl (C=O) groups excluding carboxylic acids is 2. The number of amides is 3. The average molecular weight is 607 g/mol. The number of para-hydroxylation sites is 1. The highest BCUT2D eigenvalue weighted by atomic mass is 35.5. The molecule has 2 aromatic carbocycles. The van der Waals surface area contributed by atoms with Crippen LogP contribution in [0.4, 0.5) is 18.0 Å². The minimum absolute atomic E-state index is 0.126. The molecule has 4 rings (SSSR count). The molecule has 1 atom stereocenters. The van der Waals surface area contributed by atoms with E-state index in [2.05, 4.69) is 29.2 Å². The van der Waals surface area contributed by atoms with E-state index in [1.807, 2.05) is 4.90 Å². The number of aliphatic hydroxyl groups excluding tert-OH is 1. The van der Waals surface area contributed by atoms with E-state index in [9.17, 15) is 27.9 Å². The zero-order valence-electron chi connectivity index (χ0n) is 23.1. The minimum atomic E-state index is -4.98. The van der Waals surface area contributed by atoms with Crippen LogP contribution in [0.3, 0.4) is 0 Å². The summed E-state index contributed by atoms with van der Waals surface area (Å²) >= 11 is 5.87. The van der Waals surface area contributed by atoms with Gasteiger partial charge in [0.1, 0.15) is 19.4 Å². The predicted molar refractivity (Wildman–Crippen MR) is 149 cm³/mol. The van der Waals surface area contributed by atoms with Gasteiger partial charge in [0, 0.05) is 23.7 Å².